The number of hydrogen-bond acceptors (Lipinski definition) is 3. The molecule has 1 aromatic carbocycles. The summed E-state index contributed by atoms with van der Waals surface area (Å²) in [7, 11) is 0. The van der Waals surface area contributed by atoms with Gasteiger partial charge in [0.2, 0.25) is 0 Å². The van der Waals surface area contributed by atoms with Gasteiger partial charge in [-0.1, -0.05) is 0 Å². The second kappa shape index (κ2) is 4.47. The molecule has 2 rings (SSSR count). The van der Waals surface area contributed by atoms with Crippen LogP contribution in [-0.2, 0) is 6.42 Å². The van der Waals surface area contributed by atoms with Crippen LogP contribution < -0.4 is 4.74 Å². The third-order valence-corrected chi connectivity index (χ3v) is 4.23. The molecule has 1 aromatic rings. The summed E-state index contributed by atoms with van der Waals surface area (Å²) < 4.78 is 6.14. The highest BCUT2D eigenvalue weighted by Crippen LogP contribution is 2.43. The SMILES string of the molecule is Cc1c(C)c2c(c(C)c1O)CC[C@](C)(CCO)O2. The van der Waals surface area contributed by atoms with Crippen molar-refractivity contribution < 1.29 is 14.9 Å². The van der Waals surface area contributed by atoms with Gasteiger partial charge in [-0.15, -0.1) is 0 Å². The van der Waals surface area contributed by atoms with E-state index in [0.29, 0.717) is 12.2 Å². The van der Waals surface area contributed by atoms with E-state index in [4.69, 9.17) is 9.84 Å². The highest BCUT2D eigenvalue weighted by molar-refractivity contribution is 5.58. The van der Waals surface area contributed by atoms with E-state index in [0.717, 1.165) is 40.8 Å². The maximum atomic E-state index is 10.1. The molecular formula is C15H22O3. The zero-order valence-electron chi connectivity index (χ0n) is 11.6. The van der Waals surface area contributed by atoms with Crippen LogP contribution >= 0.6 is 0 Å². The molecule has 0 fully saturated rings. The molecule has 0 saturated carbocycles. The van der Waals surface area contributed by atoms with Crippen LogP contribution in [0.5, 0.6) is 11.5 Å². The minimum Gasteiger partial charge on any atom is -0.507 e. The number of phenolic OH excluding ortho intramolecular Hbond substituents is 1. The van der Waals surface area contributed by atoms with Crippen LogP contribution in [0, 0.1) is 20.8 Å². The second-order valence-corrected chi connectivity index (χ2v) is 5.56. The molecule has 0 aliphatic carbocycles. The largest absolute Gasteiger partial charge is 0.507 e. The smallest absolute Gasteiger partial charge is 0.127 e. The van der Waals surface area contributed by atoms with Gasteiger partial charge in [0, 0.05) is 18.6 Å². The van der Waals surface area contributed by atoms with Gasteiger partial charge in [0.15, 0.2) is 0 Å². The number of ether oxygens (including phenoxy) is 1. The Labute approximate surface area is 108 Å². The monoisotopic (exact) mass is 250 g/mol. The van der Waals surface area contributed by atoms with Gasteiger partial charge in [0.05, 0.1) is 0 Å². The van der Waals surface area contributed by atoms with Gasteiger partial charge in [-0.3, -0.25) is 0 Å². The predicted octanol–water partition coefficient (Wildman–Crippen LogP) is 2.78. The number of fused-ring (bicyclic) bond motifs is 1. The number of aliphatic hydroxyl groups excluding tert-OH is 1. The maximum absolute atomic E-state index is 10.1. The number of rotatable bonds is 2. The van der Waals surface area contributed by atoms with Crippen LogP contribution in [0.25, 0.3) is 0 Å². The number of aliphatic hydroxyl groups is 1. The molecular weight excluding hydrogens is 228 g/mol. The lowest BCUT2D eigenvalue weighted by Crippen LogP contribution is -2.37. The Bertz CT molecular complexity index is 479. The molecule has 0 spiro atoms. The first kappa shape index (κ1) is 13.2. The summed E-state index contributed by atoms with van der Waals surface area (Å²) in [4.78, 5) is 0. The van der Waals surface area contributed by atoms with Gasteiger partial charge in [-0.25, -0.2) is 0 Å². The molecule has 1 aliphatic rings. The molecule has 1 aliphatic heterocycles. The summed E-state index contributed by atoms with van der Waals surface area (Å²) in [5, 5.41) is 19.2. The van der Waals surface area contributed by atoms with Crippen LogP contribution in [0.2, 0.25) is 0 Å². The van der Waals surface area contributed by atoms with E-state index in [1.807, 2.05) is 27.7 Å². The normalized spacial score (nSPS) is 22.5. The first-order valence-corrected chi connectivity index (χ1v) is 6.51. The molecule has 100 valence electrons. The molecule has 2 N–H and O–H groups in total. The average Bonchev–Trinajstić information content (AvgIpc) is 2.34. The van der Waals surface area contributed by atoms with Crippen molar-refractivity contribution in [3.05, 3.63) is 22.3 Å². The molecule has 0 bridgehead atoms. The Hall–Kier alpha value is -1.22. The number of benzene rings is 1. The maximum Gasteiger partial charge on any atom is 0.127 e. The van der Waals surface area contributed by atoms with Gasteiger partial charge in [0.1, 0.15) is 17.1 Å². The highest BCUT2D eigenvalue weighted by atomic mass is 16.5. The fourth-order valence-corrected chi connectivity index (χ4v) is 2.71. The van der Waals surface area contributed by atoms with Crippen LogP contribution in [0.3, 0.4) is 0 Å². The van der Waals surface area contributed by atoms with Gasteiger partial charge in [-0.05, 0) is 57.2 Å². The number of hydrogen-bond donors (Lipinski definition) is 2. The lowest BCUT2D eigenvalue weighted by atomic mass is 9.86. The van der Waals surface area contributed by atoms with Crippen molar-refractivity contribution in [1.29, 1.82) is 0 Å². The van der Waals surface area contributed by atoms with Gasteiger partial charge >= 0.3 is 0 Å². The number of aromatic hydroxyl groups is 1. The van der Waals surface area contributed by atoms with Crippen LogP contribution in [0.15, 0.2) is 0 Å². The Kier molecular flexibility index (Phi) is 3.28. The summed E-state index contributed by atoms with van der Waals surface area (Å²) in [6.07, 6.45) is 2.42. The third-order valence-electron chi connectivity index (χ3n) is 4.23. The minimum atomic E-state index is -0.289. The van der Waals surface area contributed by atoms with Gasteiger partial charge < -0.3 is 14.9 Å². The first-order valence-electron chi connectivity index (χ1n) is 6.51. The molecule has 0 radical (unpaired) electrons. The molecule has 0 amide bonds. The average molecular weight is 250 g/mol. The fourth-order valence-electron chi connectivity index (χ4n) is 2.71. The van der Waals surface area contributed by atoms with Crippen LogP contribution in [0.1, 0.15) is 42.0 Å². The van der Waals surface area contributed by atoms with Crippen molar-refractivity contribution in [3.63, 3.8) is 0 Å². The molecule has 0 aromatic heterocycles. The summed E-state index contributed by atoms with van der Waals surface area (Å²) in [5.41, 5.74) is 3.66. The van der Waals surface area contributed by atoms with Crippen LogP contribution in [-0.4, -0.2) is 22.4 Å². The van der Waals surface area contributed by atoms with Crippen molar-refractivity contribution >= 4 is 0 Å². The van der Waals surface area contributed by atoms with Crippen molar-refractivity contribution in [2.24, 2.45) is 0 Å². The molecule has 3 heteroatoms. The van der Waals surface area contributed by atoms with Crippen molar-refractivity contribution in [1.82, 2.24) is 0 Å². The van der Waals surface area contributed by atoms with E-state index in [1.54, 1.807) is 0 Å². The minimum absolute atomic E-state index is 0.140. The third kappa shape index (κ3) is 1.97. The van der Waals surface area contributed by atoms with Gasteiger partial charge in [-0.2, -0.15) is 0 Å². The molecule has 0 saturated heterocycles. The van der Waals surface area contributed by atoms with Crippen molar-refractivity contribution in [2.45, 2.75) is 52.6 Å². The Morgan fingerprint density at radius 3 is 2.44 bits per heavy atom. The van der Waals surface area contributed by atoms with E-state index < -0.39 is 0 Å². The van der Waals surface area contributed by atoms with Crippen LogP contribution in [0.4, 0.5) is 0 Å². The van der Waals surface area contributed by atoms with Crippen molar-refractivity contribution in [2.75, 3.05) is 6.61 Å². The predicted molar refractivity (Wildman–Crippen MR) is 71.4 cm³/mol. The Morgan fingerprint density at radius 2 is 1.83 bits per heavy atom. The van der Waals surface area contributed by atoms with E-state index >= 15 is 0 Å². The topological polar surface area (TPSA) is 49.7 Å². The Balaban J connectivity index is 2.50. The number of phenols is 1. The molecule has 3 nitrogen and oxygen atoms in total. The lowest BCUT2D eigenvalue weighted by Gasteiger charge is -2.37. The van der Waals surface area contributed by atoms with Crippen molar-refractivity contribution in [3.8, 4) is 11.5 Å². The standard InChI is InChI=1S/C15H22O3/c1-9-10(2)14-12(11(3)13(9)17)5-6-15(4,18-14)7-8-16/h16-17H,5-8H2,1-4H3/t15-/m1/s1. The Morgan fingerprint density at radius 1 is 1.17 bits per heavy atom. The summed E-state index contributed by atoms with van der Waals surface area (Å²) in [6.45, 7) is 8.03. The van der Waals surface area contributed by atoms with E-state index in [1.165, 1.54) is 0 Å². The quantitative estimate of drug-likeness (QED) is 0.848. The fraction of sp³-hybridized carbons (Fsp3) is 0.600. The zero-order chi connectivity index (χ0) is 13.5. The van der Waals surface area contributed by atoms with E-state index in [2.05, 4.69) is 0 Å². The zero-order valence-corrected chi connectivity index (χ0v) is 11.6. The van der Waals surface area contributed by atoms with Gasteiger partial charge in [0.25, 0.3) is 0 Å². The molecule has 1 heterocycles. The van der Waals surface area contributed by atoms with E-state index in [9.17, 15) is 5.11 Å². The molecule has 1 atom stereocenters. The van der Waals surface area contributed by atoms with E-state index in [-0.39, 0.29) is 12.2 Å². The lowest BCUT2D eigenvalue weighted by molar-refractivity contribution is 0.0378. The molecule has 18 heavy (non-hydrogen) atoms. The first-order chi connectivity index (χ1) is 8.39. The summed E-state index contributed by atoms with van der Waals surface area (Å²) in [5.74, 6) is 1.30. The summed E-state index contributed by atoms with van der Waals surface area (Å²) >= 11 is 0. The second-order valence-electron chi connectivity index (χ2n) is 5.56. The molecule has 0 unspecified atom stereocenters. The highest BCUT2D eigenvalue weighted by Gasteiger charge is 2.33. The summed E-state index contributed by atoms with van der Waals surface area (Å²) in [6, 6.07) is 0.